The Morgan fingerprint density at radius 3 is 2.77 bits per heavy atom. The highest BCUT2D eigenvalue weighted by Gasteiger charge is 2.39. The summed E-state index contributed by atoms with van der Waals surface area (Å²) >= 11 is 3.49. The Morgan fingerprint density at radius 1 is 1.27 bits per heavy atom. The van der Waals surface area contributed by atoms with E-state index in [-0.39, 0.29) is 24.0 Å². The van der Waals surface area contributed by atoms with Crippen LogP contribution in [0.3, 0.4) is 0 Å². The first-order valence-electron chi connectivity index (χ1n) is 8.78. The second-order valence-corrected chi connectivity index (χ2v) is 7.77. The first kappa shape index (κ1) is 19.6. The summed E-state index contributed by atoms with van der Waals surface area (Å²) in [7, 11) is 1.83. The molecule has 6 nitrogen and oxygen atoms in total. The van der Waals surface area contributed by atoms with E-state index in [9.17, 15) is 0 Å². The number of halogens is 2. The van der Waals surface area contributed by atoms with Crippen LogP contribution in [0.25, 0.3) is 0 Å². The molecule has 1 aromatic heterocycles. The molecule has 2 heterocycles. The maximum absolute atomic E-state index is 4.47. The van der Waals surface area contributed by atoms with E-state index in [0.717, 1.165) is 47.9 Å². The minimum atomic E-state index is 0. The van der Waals surface area contributed by atoms with Gasteiger partial charge < -0.3 is 10.6 Å². The van der Waals surface area contributed by atoms with Crippen LogP contribution in [-0.4, -0.2) is 39.9 Å². The summed E-state index contributed by atoms with van der Waals surface area (Å²) in [6, 6.07) is 9.41. The third-order valence-corrected chi connectivity index (χ3v) is 5.47. The first-order chi connectivity index (χ1) is 12.1. The molecule has 8 heteroatoms. The quantitative estimate of drug-likeness (QED) is 0.364. The van der Waals surface area contributed by atoms with E-state index in [0.29, 0.717) is 18.0 Å². The predicted octanol–water partition coefficient (Wildman–Crippen LogP) is 3.00. The molecule has 2 N–H and O–H groups in total. The van der Waals surface area contributed by atoms with Crippen molar-refractivity contribution in [3.05, 3.63) is 46.0 Å². The molecule has 4 rings (SSSR count). The highest BCUT2D eigenvalue weighted by Crippen LogP contribution is 2.41. The number of nitrogens with one attached hydrogen (secondary N) is 2. The molecule has 2 aliphatic rings. The van der Waals surface area contributed by atoms with Crippen molar-refractivity contribution in [2.75, 3.05) is 7.05 Å². The molecular formula is C18H24BrIN6. The molecule has 1 fully saturated rings. The van der Waals surface area contributed by atoms with Gasteiger partial charge in [-0.1, -0.05) is 28.1 Å². The fourth-order valence-electron chi connectivity index (χ4n) is 3.52. The monoisotopic (exact) mass is 530 g/mol. The summed E-state index contributed by atoms with van der Waals surface area (Å²) in [5, 5.41) is 11.6. The Labute approximate surface area is 179 Å². The van der Waals surface area contributed by atoms with Crippen LogP contribution >= 0.6 is 39.9 Å². The van der Waals surface area contributed by atoms with Crippen molar-refractivity contribution in [2.24, 2.45) is 4.99 Å². The van der Waals surface area contributed by atoms with Crippen LogP contribution in [0.5, 0.6) is 0 Å². The number of guanidine groups is 1. The molecule has 0 amide bonds. The van der Waals surface area contributed by atoms with Crippen molar-refractivity contribution >= 4 is 45.9 Å². The number of aromatic nitrogens is 3. The lowest BCUT2D eigenvalue weighted by Gasteiger charge is -2.25. The molecule has 3 atom stereocenters. The minimum absolute atomic E-state index is 0. The fraction of sp³-hybridized carbons (Fsp3) is 0.500. The van der Waals surface area contributed by atoms with Crippen LogP contribution in [-0.2, 0) is 13.0 Å². The van der Waals surface area contributed by atoms with Gasteiger partial charge in [-0.3, -0.25) is 4.99 Å². The maximum atomic E-state index is 4.47. The van der Waals surface area contributed by atoms with E-state index in [1.807, 2.05) is 18.7 Å². The Hall–Kier alpha value is -1.16. The number of rotatable bonds is 3. The topological polar surface area (TPSA) is 67.1 Å². The largest absolute Gasteiger partial charge is 0.353 e. The SMILES string of the molecule is CN=C(NC1CCc2nc(C)nn2C1)NC1CC1c1ccc(Br)cc1.I. The van der Waals surface area contributed by atoms with Crippen LogP contribution in [0.1, 0.15) is 36.0 Å². The summed E-state index contributed by atoms with van der Waals surface area (Å²) in [4.78, 5) is 8.88. The van der Waals surface area contributed by atoms with Gasteiger partial charge in [-0.25, -0.2) is 9.67 Å². The summed E-state index contributed by atoms with van der Waals surface area (Å²) in [5.41, 5.74) is 1.39. The normalized spacial score (nSPS) is 24.4. The van der Waals surface area contributed by atoms with Crippen molar-refractivity contribution in [3.8, 4) is 0 Å². The third-order valence-electron chi connectivity index (χ3n) is 4.94. The molecule has 3 unspecified atom stereocenters. The molecule has 0 spiro atoms. The lowest BCUT2D eigenvalue weighted by atomic mass is 10.1. The Kier molecular flexibility index (Phi) is 6.21. The zero-order chi connectivity index (χ0) is 17.4. The summed E-state index contributed by atoms with van der Waals surface area (Å²) in [6.45, 7) is 2.79. The van der Waals surface area contributed by atoms with E-state index < -0.39 is 0 Å². The standard InChI is InChI=1S/C18H23BrN6.HI/c1-11-21-17-8-7-14(10-25(17)24-11)22-18(20-2)23-16-9-15(16)12-3-5-13(19)6-4-12;/h3-6,14-16H,7-10H2,1-2H3,(H2,20,22,23);1H. The summed E-state index contributed by atoms with van der Waals surface area (Å²) in [6.07, 6.45) is 3.17. The van der Waals surface area contributed by atoms with Crippen LogP contribution in [0.2, 0.25) is 0 Å². The number of fused-ring (bicyclic) bond motifs is 1. The maximum Gasteiger partial charge on any atom is 0.191 e. The van der Waals surface area contributed by atoms with E-state index in [2.05, 4.69) is 65.9 Å². The van der Waals surface area contributed by atoms with E-state index >= 15 is 0 Å². The Bertz CT molecular complexity index is 787. The van der Waals surface area contributed by atoms with Crippen LogP contribution in [0, 0.1) is 6.92 Å². The van der Waals surface area contributed by atoms with Gasteiger partial charge in [-0.05, 0) is 37.5 Å². The lowest BCUT2D eigenvalue weighted by molar-refractivity contribution is 0.392. The number of aliphatic imine (C=N–C) groups is 1. The van der Waals surface area contributed by atoms with Crippen molar-refractivity contribution in [1.29, 1.82) is 0 Å². The van der Waals surface area contributed by atoms with Crippen LogP contribution < -0.4 is 10.6 Å². The second-order valence-electron chi connectivity index (χ2n) is 6.85. The second kappa shape index (κ2) is 8.24. The van der Waals surface area contributed by atoms with Crippen LogP contribution in [0.4, 0.5) is 0 Å². The van der Waals surface area contributed by atoms with E-state index in [1.54, 1.807) is 0 Å². The van der Waals surface area contributed by atoms with Crippen molar-refractivity contribution < 1.29 is 0 Å². The molecule has 26 heavy (non-hydrogen) atoms. The molecule has 1 saturated carbocycles. The highest BCUT2D eigenvalue weighted by molar-refractivity contribution is 14.0. The molecule has 2 aromatic rings. The smallest absolute Gasteiger partial charge is 0.191 e. The molecule has 140 valence electrons. The zero-order valence-corrected chi connectivity index (χ0v) is 18.9. The molecule has 0 bridgehead atoms. The molecule has 1 aliphatic heterocycles. The molecular weight excluding hydrogens is 507 g/mol. The highest BCUT2D eigenvalue weighted by atomic mass is 127. The minimum Gasteiger partial charge on any atom is -0.353 e. The summed E-state index contributed by atoms with van der Waals surface area (Å²) in [5.74, 6) is 3.40. The van der Waals surface area contributed by atoms with Gasteiger partial charge in [0.1, 0.15) is 11.6 Å². The number of nitrogens with zero attached hydrogens (tertiary/aromatic N) is 4. The van der Waals surface area contributed by atoms with Gasteiger partial charge in [-0.2, -0.15) is 5.10 Å². The number of hydrogen-bond donors (Lipinski definition) is 2. The van der Waals surface area contributed by atoms with E-state index in [1.165, 1.54) is 5.56 Å². The number of hydrogen-bond acceptors (Lipinski definition) is 3. The third kappa shape index (κ3) is 4.39. The van der Waals surface area contributed by atoms with Crippen molar-refractivity contribution in [1.82, 2.24) is 25.4 Å². The molecule has 1 aliphatic carbocycles. The van der Waals surface area contributed by atoms with Gasteiger partial charge in [0.05, 0.1) is 6.54 Å². The Morgan fingerprint density at radius 2 is 2.04 bits per heavy atom. The lowest BCUT2D eigenvalue weighted by Crippen LogP contribution is -2.47. The average Bonchev–Trinajstić information content (AvgIpc) is 3.26. The van der Waals surface area contributed by atoms with Gasteiger partial charge in [0.25, 0.3) is 0 Å². The van der Waals surface area contributed by atoms with Crippen molar-refractivity contribution in [3.63, 3.8) is 0 Å². The van der Waals surface area contributed by atoms with E-state index in [4.69, 9.17) is 0 Å². The fourth-order valence-corrected chi connectivity index (χ4v) is 3.79. The first-order valence-corrected chi connectivity index (χ1v) is 9.57. The zero-order valence-electron chi connectivity index (χ0n) is 14.9. The van der Waals surface area contributed by atoms with Crippen molar-refractivity contribution in [2.45, 2.75) is 50.7 Å². The van der Waals surface area contributed by atoms with Gasteiger partial charge in [0.2, 0.25) is 0 Å². The molecule has 0 saturated heterocycles. The molecule has 0 radical (unpaired) electrons. The van der Waals surface area contributed by atoms with Gasteiger partial charge in [0.15, 0.2) is 5.96 Å². The van der Waals surface area contributed by atoms with Gasteiger partial charge in [0, 0.05) is 35.9 Å². The van der Waals surface area contributed by atoms with Crippen LogP contribution in [0.15, 0.2) is 33.7 Å². The number of aryl methyl sites for hydroxylation is 2. The van der Waals surface area contributed by atoms with Gasteiger partial charge in [-0.15, -0.1) is 24.0 Å². The van der Waals surface area contributed by atoms with Gasteiger partial charge >= 0.3 is 0 Å². The number of benzene rings is 1. The summed E-state index contributed by atoms with van der Waals surface area (Å²) < 4.78 is 3.14. The molecule has 1 aromatic carbocycles. The average molecular weight is 531 g/mol. The Balaban J connectivity index is 0.00000196. The predicted molar refractivity (Wildman–Crippen MR) is 117 cm³/mol.